The molecule has 0 bridgehead atoms. The number of hydrogen-bond donors (Lipinski definition) is 1. The lowest BCUT2D eigenvalue weighted by molar-refractivity contribution is 0.0280. The highest BCUT2D eigenvalue weighted by Gasteiger charge is 2.44. The number of aliphatic hydroxyl groups is 1. The lowest BCUT2D eigenvalue weighted by Crippen LogP contribution is -2.35. The summed E-state index contributed by atoms with van der Waals surface area (Å²) in [5.41, 5.74) is -0.441. The summed E-state index contributed by atoms with van der Waals surface area (Å²) in [7, 11) is 0. The first-order valence-electron chi connectivity index (χ1n) is 6.49. The Balaban J connectivity index is 1.92. The molecule has 2 rings (SSSR count). The van der Waals surface area contributed by atoms with Crippen molar-refractivity contribution in [3.8, 4) is 0 Å². The monoisotopic (exact) mass is 241 g/mol. The molecule has 1 aliphatic carbocycles. The van der Waals surface area contributed by atoms with Crippen LogP contribution < -0.4 is 0 Å². The molecule has 17 heavy (non-hydrogen) atoms. The third kappa shape index (κ3) is 3.12. The van der Waals surface area contributed by atoms with Crippen LogP contribution in [0.4, 0.5) is 4.79 Å². The molecule has 2 atom stereocenters. The topological polar surface area (TPSA) is 49.8 Å². The predicted octanol–water partition coefficient (Wildman–Crippen LogP) is 1.87. The van der Waals surface area contributed by atoms with E-state index in [2.05, 4.69) is 0 Å². The first-order valence-corrected chi connectivity index (χ1v) is 6.49. The molecule has 4 heteroatoms. The number of nitrogens with zero attached hydrogens (tertiary/aromatic N) is 1. The van der Waals surface area contributed by atoms with Gasteiger partial charge in [0.15, 0.2) is 0 Å². The molecule has 1 aliphatic heterocycles. The van der Waals surface area contributed by atoms with Crippen molar-refractivity contribution >= 4 is 6.09 Å². The molecule has 0 unspecified atom stereocenters. The number of amides is 1. The Morgan fingerprint density at radius 2 is 2.00 bits per heavy atom. The van der Waals surface area contributed by atoms with Crippen molar-refractivity contribution in [2.45, 2.75) is 39.2 Å². The first kappa shape index (κ1) is 12.7. The van der Waals surface area contributed by atoms with Crippen molar-refractivity contribution in [3.05, 3.63) is 0 Å². The van der Waals surface area contributed by atoms with Gasteiger partial charge in [0.2, 0.25) is 0 Å². The van der Waals surface area contributed by atoms with E-state index in [1.54, 1.807) is 4.90 Å². The largest absolute Gasteiger partial charge is 0.444 e. The zero-order chi connectivity index (χ0) is 12.6. The average molecular weight is 241 g/mol. The van der Waals surface area contributed by atoms with Crippen LogP contribution >= 0.6 is 0 Å². The van der Waals surface area contributed by atoms with Crippen LogP contribution in [0.1, 0.15) is 33.6 Å². The number of ether oxygens (including phenoxy) is 1. The van der Waals surface area contributed by atoms with Gasteiger partial charge in [0, 0.05) is 25.6 Å². The standard InChI is InChI=1S/C13H23NO3/c1-13(2,3)17-12(16)14-6-10(8-15)11(7-14)9-4-5-9/h9-11,15H,4-8H2,1-3H3/t10-,11-/m1/s1. The van der Waals surface area contributed by atoms with Crippen molar-refractivity contribution in [2.75, 3.05) is 19.7 Å². The van der Waals surface area contributed by atoms with E-state index in [4.69, 9.17) is 4.74 Å². The molecule has 98 valence electrons. The summed E-state index contributed by atoms with van der Waals surface area (Å²) in [4.78, 5) is 13.7. The minimum atomic E-state index is -0.441. The zero-order valence-corrected chi connectivity index (χ0v) is 11.0. The molecule has 4 nitrogen and oxygen atoms in total. The highest BCUT2D eigenvalue weighted by molar-refractivity contribution is 5.68. The summed E-state index contributed by atoms with van der Waals surface area (Å²) in [6, 6.07) is 0. The van der Waals surface area contributed by atoms with Crippen molar-refractivity contribution < 1.29 is 14.6 Å². The second kappa shape index (κ2) is 4.48. The highest BCUT2D eigenvalue weighted by Crippen LogP contribution is 2.44. The number of aliphatic hydroxyl groups excluding tert-OH is 1. The highest BCUT2D eigenvalue weighted by atomic mass is 16.6. The molecule has 0 aromatic carbocycles. The van der Waals surface area contributed by atoms with Gasteiger partial charge in [-0.25, -0.2) is 4.79 Å². The van der Waals surface area contributed by atoms with Gasteiger partial charge in [-0.1, -0.05) is 0 Å². The molecule has 1 saturated carbocycles. The molecule has 0 radical (unpaired) electrons. The van der Waals surface area contributed by atoms with E-state index in [0.29, 0.717) is 12.5 Å². The average Bonchev–Trinajstić information content (AvgIpc) is 2.95. The normalized spacial score (nSPS) is 29.5. The van der Waals surface area contributed by atoms with Crippen molar-refractivity contribution in [3.63, 3.8) is 0 Å². The molecule has 2 aliphatic rings. The Morgan fingerprint density at radius 3 is 2.47 bits per heavy atom. The van der Waals surface area contributed by atoms with E-state index in [0.717, 1.165) is 12.5 Å². The van der Waals surface area contributed by atoms with Crippen LogP contribution in [0.5, 0.6) is 0 Å². The number of likely N-dealkylation sites (tertiary alicyclic amines) is 1. The Morgan fingerprint density at radius 1 is 1.35 bits per heavy atom. The van der Waals surface area contributed by atoms with E-state index in [-0.39, 0.29) is 18.6 Å². The van der Waals surface area contributed by atoms with Gasteiger partial charge in [0.1, 0.15) is 5.60 Å². The second-order valence-electron chi connectivity index (χ2n) is 6.33. The van der Waals surface area contributed by atoms with Crippen LogP contribution in [0.3, 0.4) is 0 Å². The van der Waals surface area contributed by atoms with Gasteiger partial charge < -0.3 is 14.7 Å². The molecular formula is C13H23NO3. The maximum atomic E-state index is 11.9. The number of carbonyl (C=O) groups is 1. The lowest BCUT2D eigenvalue weighted by Gasteiger charge is -2.24. The molecule has 0 aromatic rings. The molecule has 1 heterocycles. The molecule has 1 saturated heterocycles. The zero-order valence-electron chi connectivity index (χ0n) is 11.0. The van der Waals surface area contributed by atoms with Gasteiger partial charge in [-0.3, -0.25) is 0 Å². The number of rotatable bonds is 2. The fraction of sp³-hybridized carbons (Fsp3) is 0.923. The lowest BCUT2D eigenvalue weighted by atomic mass is 9.92. The van der Waals surface area contributed by atoms with Crippen LogP contribution in [0.25, 0.3) is 0 Å². The SMILES string of the molecule is CC(C)(C)OC(=O)N1C[C@H](CO)[C@@H](C2CC2)C1. The molecule has 0 aromatic heterocycles. The summed E-state index contributed by atoms with van der Waals surface area (Å²) >= 11 is 0. The van der Waals surface area contributed by atoms with Gasteiger partial charge in [0.05, 0.1) is 0 Å². The van der Waals surface area contributed by atoms with E-state index in [9.17, 15) is 9.90 Å². The van der Waals surface area contributed by atoms with Gasteiger partial charge in [-0.05, 0) is 45.4 Å². The number of carbonyl (C=O) groups excluding carboxylic acids is 1. The van der Waals surface area contributed by atoms with Crippen LogP contribution in [0.2, 0.25) is 0 Å². The smallest absolute Gasteiger partial charge is 0.410 e. The van der Waals surface area contributed by atoms with E-state index >= 15 is 0 Å². The fourth-order valence-electron chi connectivity index (χ4n) is 2.62. The second-order valence-corrected chi connectivity index (χ2v) is 6.33. The summed E-state index contributed by atoms with van der Waals surface area (Å²) < 4.78 is 5.37. The number of hydrogen-bond acceptors (Lipinski definition) is 3. The maximum Gasteiger partial charge on any atom is 0.410 e. The molecule has 2 fully saturated rings. The van der Waals surface area contributed by atoms with Gasteiger partial charge in [-0.2, -0.15) is 0 Å². The summed E-state index contributed by atoms with van der Waals surface area (Å²) in [6.07, 6.45) is 2.27. The Labute approximate surface area is 103 Å². The molecule has 0 spiro atoms. The van der Waals surface area contributed by atoms with Crippen LogP contribution in [0, 0.1) is 17.8 Å². The first-order chi connectivity index (χ1) is 7.90. The predicted molar refractivity (Wildman–Crippen MR) is 64.6 cm³/mol. The minimum absolute atomic E-state index is 0.181. The van der Waals surface area contributed by atoms with Crippen molar-refractivity contribution in [1.82, 2.24) is 4.90 Å². The minimum Gasteiger partial charge on any atom is -0.444 e. The van der Waals surface area contributed by atoms with E-state index in [1.165, 1.54) is 12.8 Å². The third-order valence-corrected chi connectivity index (χ3v) is 3.61. The molecule has 1 N–H and O–H groups in total. The Hall–Kier alpha value is -0.770. The Bertz CT molecular complexity index is 294. The van der Waals surface area contributed by atoms with Crippen LogP contribution in [-0.2, 0) is 4.74 Å². The summed E-state index contributed by atoms with van der Waals surface area (Å²) in [5, 5.41) is 9.37. The van der Waals surface area contributed by atoms with Crippen molar-refractivity contribution in [1.29, 1.82) is 0 Å². The Kier molecular flexibility index (Phi) is 3.34. The van der Waals surface area contributed by atoms with Gasteiger partial charge >= 0.3 is 6.09 Å². The van der Waals surface area contributed by atoms with Crippen molar-refractivity contribution in [2.24, 2.45) is 17.8 Å². The van der Waals surface area contributed by atoms with Crippen LogP contribution in [0.15, 0.2) is 0 Å². The summed E-state index contributed by atoms with van der Waals surface area (Å²) in [5.74, 6) is 1.45. The van der Waals surface area contributed by atoms with Gasteiger partial charge in [-0.15, -0.1) is 0 Å². The summed E-state index contributed by atoms with van der Waals surface area (Å²) in [6.45, 7) is 7.21. The van der Waals surface area contributed by atoms with Crippen LogP contribution in [-0.4, -0.2) is 41.4 Å². The molecular weight excluding hydrogens is 218 g/mol. The third-order valence-electron chi connectivity index (χ3n) is 3.61. The fourth-order valence-corrected chi connectivity index (χ4v) is 2.62. The van der Waals surface area contributed by atoms with E-state index < -0.39 is 5.60 Å². The van der Waals surface area contributed by atoms with Gasteiger partial charge in [0.25, 0.3) is 0 Å². The molecule has 1 amide bonds. The van der Waals surface area contributed by atoms with E-state index in [1.807, 2.05) is 20.8 Å². The quantitative estimate of drug-likeness (QED) is 0.803. The maximum absolute atomic E-state index is 11.9.